The van der Waals surface area contributed by atoms with E-state index in [-0.39, 0.29) is 28.7 Å². The van der Waals surface area contributed by atoms with E-state index in [1.54, 1.807) is 4.40 Å². The Morgan fingerprint density at radius 3 is 2.48 bits per heavy atom. The number of anilines is 1. The van der Waals surface area contributed by atoms with Crippen molar-refractivity contribution in [2.45, 2.75) is 46.2 Å². The molecule has 1 aliphatic rings. The highest BCUT2D eigenvalue weighted by atomic mass is 32.1. The lowest BCUT2D eigenvalue weighted by atomic mass is 9.75. The molecule has 9 heteroatoms. The SMILES string of the molecule is CCC1(CC)CN(c2c(C)sc3nc(Cc4cccc(C(F)(F)F)c4F)cc(=O)n23)C1. The first-order valence-corrected chi connectivity index (χ1v) is 11.0. The van der Waals surface area contributed by atoms with E-state index in [9.17, 15) is 22.4 Å². The Labute approximate surface area is 181 Å². The van der Waals surface area contributed by atoms with Gasteiger partial charge in [0.1, 0.15) is 11.6 Å². The molecule has 4 rings (SSSR count). The Balaban J connectivity index is 1.69. The number of fused-ring (bicyclic) bond motifs is 1. The molecule has 0 aliphatic carbocycles. The number of nitrogens with zero attached hydrogens (tertiary/aromatic N) is 3. The zero-order valence-corrected chi connectivity index (χ0v) is 18.3. The average molecular weight is 454 g/mol. The number of aryl methyl sites for hydroxylation is 1. The van der Waals surface area contributed by atoms with Gasteiger partial charge in [-0.15, -0.1) is 0 Å². The molecular formula is C22H23F4N3OS. The molecule has 4 nitrogen and oxygen atoms in total. The molecule has 0 atom stereocenters. The Kier molecular flexibility index (Phi) is 5.36. The number of aromatic nitrogens is 2. The van der Waals surface area contributed by atoms with Gasteiger partial charge in [-0.1, -0.05) is 37.3 Å². The predicted octanol–water partition coefficient (Wildman–Crippen LogP) is 5.44. The van der Waals surface area contributed by atoms with Crippen molar-refractivity contribution in [3.8, 4) is 0 Å². The van der Waals surface area contributed by atoms with Gasteiger partial charge in [-0.2, -0.15) is 13.2 Å². The first-order chi connectivity index (χ1) is 14.6. The van der Waals surface area contributed by atoms with E-state index in [4.69, 9.17) is 0 Å². The summed E-state index contributed by atoms with van der Waals surface area (Å²) < 4.78 is 54.9. The number of hydrogen-bond donors (Lipinski definition) is 0. The molecule has 0 spiro atoms. The topological polar surface area (TPSA) is 37.6 Å². The fourth-order valence-corrected chi connectivity index (χ4v) is 5.32. The van der Waals surface area contributed by atoms with Crippen LogP contribution in [0.4, 0.5) is 23.4 Å². The summed E-state index contributed by atoms with van der Waals surface area (Å²) >= 11 is 1.36. The fourth-order valence-electron chi connectivity index (χ4n) is 4.31. The molecule has 31 heavy (non-hydrogen) atoms. The third-order valence-electron chi connectivity index (χ3n) is 6.32. The van der Waals surface area contributed by atoms with Crippen LogP contribution < -0.4 is 10.5 Å². The van der Waals surface area contributed by atoms with E-state index in [0.717, 1.165) is 42.7 Å². The van der Waals surface area contributed by atoms with Crippen LogP contribution in [0.5, 0.6) is 0 Å². The monoisotopic (exact) mass is 453 g/mol. The van der Waals surface area contributed by atoms with Crippen LogP contribution in [0.15, 0.2) is 29.1 Å². The number of alkyl halides is 3. The van der Waals surface area contributed by atoms with Crippen LogP contribution in [0.1, 0.15) is 48.4 Å². The van der Waals surface area contributed by atoms with Crippen LogP contribution >= 0.6 is 11.3 Å². The van der Waals surface area contributed by atoms with Crippen LogP contribution in [-0.4, -0.2) is 22.5 Å². The molecular weight excluding hydrogens is 430 g/mol. The predicted molar refractivity (Wildman–Crippen MR) is 114 cm³/mol. The Bertz CT molecular complexity index is 1190. The average Bonchev–Trinajstić information content (AvgIpc) is 2.99. The number of hydrogen-bond acceptors (Lipinski definition) is 4. The lowest BCUT2D eigenvalue weighted by Crippen LogP contribution is -2.56. The van der Waals surface area contributed by atoms with E-state index in [0.29, 0.717) is 11.0 Å². The molecule has 0 unspecified atom stereocenters. The van der Waals surface area contributed by atoms with Crippen molar-refractivity contribution in [3.05, 3.63) is 62.1 Å². The third-order valence-corrected chi connectivity index (χ3v) is 7.27. The molecule has 2 aromatic heterocycles. The minimum atomic E-state index is -4.78. The summed E-state index contributed by atoms with van der Waals surface area (Å²) in [6.07, 6.45) is -2.82. The fraction of sp³-hybridized carbons (Fsp3) is 0.455. The standard InChI is InChI=1S/C22H23F4N3OS/c1-4-21(5-2)11-28(12-21)19-13(3)31-20-27-15(10-17(30)29(19)20)9-14-7-6-8-16(18(14)23)22(24,25)26/h6-8,10H,4-5,9,11-12H2,1-3H3. The minimum Gasteiger partial charge on any atom is -0.355 e. The van der Waals surface area contributed by atoms with Crippen LogP contribution in [0.3, 0.4) is 0 Å². The molecule has 0 bridgehead atoms. The van der Waals surface area contributed by atoms with Gasteiger partial charge >= 0.3 is 6.18 Å². The van der Waals surface area contributed by atoms with Crippen molar-refractivity contribution in [2.75, 3.05) is 18.0 Å². The first-order valence-electron chi connectivity index (χ1n) is 10.2. The maximum atomic E-state index is 14.4. The van der Waals surface area contributed by atoms with Gasteiger partial charge in [-0.25, -0.2) is 13.8 Å². The molecule has 1 fully saturated rings. The van der Waals surface area contributed by atoms with Gasteiger partial charge in [0.2, 0.25) is 0 Å². The van der Waals surface area contributed by atoms with E-state index in [1.807, 2.05) is 6.92 Å². The van der Waals surface area contributed by atoms with Gasteiger partial charge in [0.05, 0.1) is 11.3 Å². The van der Waals surface area contributed by atoms with Crippen LogP contribution in [-0.2, 0) is 12.6 Å². The second-order valence-corrected chi connectivity index (χ2v) is 9.38. The number of thiazole rings is 1. The van der Waals surface area contributed by atoms with Crippen molar-refractivity contribution in [3.63, 3.8) is 0 Å². The second-order valence-electron chi connectivity index (χ2n) is 8.20. The summed E-state index contributed by atoms with van der Waals surface area (Å²) in [6, 6.07) is 4.44. The van der Waals surface area contributed by atoms with Gasteiger partial charge < -0.3 is 4.90 Å². The highest BCUT2D eigenvalue weighted by Gasteiger charge is 2.41. The second kappa shape index (κ2) is 7.62. The zero-order chi connectivity index (χ0) is 22.6. The van der Waals surface area contributed by atoms with Crippen LogP contribution in [0, 0.1) is 18.2 Å². The summed E-state index contributed by atoms with van der Waals surface area (Å²) in [7, 11) is 0. The molecule has 0 N–H and O–H groups in total. The first kappa shape index (κ1) is 21.8. The number of rotatable bonds is 5. The maximum absolute atomic E-state index is 14.4. The van der Waals surface area contributed by atoms with Gasteiger partial charge in [0.25, 0.3) is 5.56 Å². The maximum Gasteiger partial charge on any atom is 0.419 e. The molecule has 0 amide bonds. The lowest BCUT2D eigenvalue weighted by molar-refractivity contribution is -0.140. The van der Waals surface area contributed by atoms with E-state index in [2.05, 4.69) is 23.7 Å². The molecule has 1 saturated heterocycles. The summed E-state index contributed by atoms with van der Waals surface area (Å²) in [4.78, 5) is 21.0. The van der Waals surface area contributed by atoms with Crippen molar-refractivity contribution >= 4 is 22.1 Å². The van der Waals surface area contributed by atoms with Crippen molar-refractivity contribution in [1.82, 2.24) is 9.38 Å². The molecule has 0 saturated carbocycles. The van der Waals surface area contributed by atoms with E-state index >= 15 is 0 Å². The van der Waals surface area contributed by atoms with Crippen LogP contribution in [0.2, 0.25) is 0 Å². The third kappa shape index (κ3) is 3.73. The van der Waals surface area contributed by atoms with Gasteiger partial charge in [-0.05, 0) is 31.4 Å². The molecule has 1 aromatic carbocycles. The molecule has 166 valence electrons. The summed E-state index contributed by atoms with van der Waals surface area (Å²) in [5.41, 5.74) is -1.25. The van der Waals surface area contributed by atoms with Gasteiger partial charge in [-0.3, -0.25) is 4.79 Å². The zero-order valence-electron chi connectivity index (χ0n) is 17.5. The van der Waals surface area contributed by atoms with E-state index in [1.165, 1.54) is 23.5 Å². The van der Waals surface area contributed by atoms with Gasteiger partial charge in [0, 0.05) is 35.9 Å². The Morgan fingerprint density at radius 1 is 1.19 bits per heavy atom. The van der Waals surface area contributed by atoms with Crippen LogP contribution in [0.25, 0.3) is 4.96 Å². The highest BCUT2D eigenvalue weighted by Crippen LogP contribution is 2.42. The summed E-state index contributed by atoms with van der Waals surface area (Å²) in [5.74, 6) is -0.497. The molecule has 3 heterocycles. The van der Waals surface area contributed by atoms with Gasteiger partial charge in [0.15, 0.2) is 4.96 Å². The van der Waals surface area contributed by atoms with Crippen molar-refractivity contribution < 1.29 is 17.6 Å². The normalized spacial score (nSPS) is 16.0. The van der Waals surface area contributed by atoms with Crippen molar-refractivity contribution in [1.29, 1.82) is 0 Å². The molecule has 0 radical (unpaired) electrons. The quantitative estimate of drug-likeness (QED) is 0.483. The van der Waals surface area contributed by atoms with E-state index < -0.39 is 17.6 Å². The number of benzene rings is 1. The van der Waals surface area contributed by atoms with Crippen molar-refractivity contribution in [2.24, 2.45) is 5.41 Å². The molecule has 3 aromatic rings. The summed E-state index contributed by atoms with van der Waals surface area (Å²) in [6.45, 7) is 8.02. The Hall–Kier alpha value is -2.42. The minimum absolute atomic E-state index is 0.141. The highest BCUT2D eigenvalue weighted by molar-refractivity contribution is 7.17. The number of halogens is 4. The smallest absolute Gasteiger partial charge is 0.355 e. The lowest BCUT2D eigenvalue weighted by Gasteiger charge is -2.50. The summed E-state index contributed by atoms with van der Waals surface area (Å²) in [5, 5.41) is 0. The molecule has 1 aliphatic heterocycles. The Morgan fingerprint density at radius 2 is 1.87 bits per heavy atom. The largest absolute Gasteiger partial charge is 0.419 e.